The Labute approximate surface area is 210 Å². The van der Waals surface area contributed by atoms with Crippen molar-refractivity contribution in [2.45, 2.75) is 18.0 Å². The highest BCUT2D eigenvalue weighted by Crippen LogP contribution is 2.37. The molecule has 7 nitrogen and oxygen atoms in total. The molecule has 36 heavy (non-hydrogen) atoms. The van der Waals surface area contributed by atoms with Crippen molar-refractivity contribution in [3.8, 4) is 0 Å². The number of carbonyl (C=O) groups is 2. The molecule has 0 aromatic heterocycles. The van der Waals surface area contributed by atoms with Gasteiger partial charge in [-0.05, 0) is 55.0 Å². The summed E-state index contributed by atoms with van der Waals surface area (Å²) in [5, 5.41) is 2.19. The number of sulfonamides is 1. The fourth-order valence-corrected chi connectivity index (χ4v) is 5.04. The lowest BCUT2D eigenvalue weighted by Crippen LogP contribution is -2.38. The molecule has 0 radical (unpaired) electrons. The predicted molar refractivity (Wildman–Crippen MR) is 129 cm³/mol. The zero-order valence-corrected chi connectivity index (χ0v) is 20.5. The number of esters is 1. The zero-order valence-electron chi connectivity index (χ0n) is 19.0. The molecule has 0 aliphatic heterocycles. The first kappa shape index (κ1) is 27.0. The number of amides is 1. The molecule has 0 saturated carbocycles. The average molecular weight is 541 g/mol. The van der Waals surface area contributed by atoms with Crippen LogP contribution in [0.5, 0.6) is 0 Å². The Bertz CT molecular complexity index is 1400. The lowest BCUT2D eigenvalue weighted by molar-refractivity contribution is -0.137. The molecular formula is C24H20ClF3N2O5S. The maximum Gasteiger partial charge on any atom is 0.416 e. The summed E-state index contributed by atoms with van der Waals surface area (Å²) in [5.74, 6) is -1.53. The molecule has 3 aromatic carbocycles. The van der Waals surface area contributed by atoms with Crippen LogP contribution in [0.4, 0.5) is 24.5 Å². The van der Waals surface area contributed by atoms with Crippen LogP contribution in [-0.4, -0.2) is 33.9 Å². The molecule has 1 amide bonds. The first-order valence-corrected chi connectivity index (χ1v) is 12.1. The van der Waals surface area contributed by atoms with E-state index in [1.54, 1.807) is 13.0 Å². The Kier molecular flexibility index (Phi) is 7.95. The second kappa shape index (κ2) is 10.6. The summed E-state index contributed by atoms with van der Waals surface area (Å²) in [6, 6.07) is 13.5. The maximum absolute atomic E-state index is 13.4. The minimum Gasteiger partial charge on any atom is -0.465 e. The predicted octanol–water partition coefficient (Wildman–Crippen LogP) is 5.29. The first-order valence-electron chi connectivity index (χ1n) is 10.3. The summed E-state index contributed by atoms with van der Waals surface area (Å²) in [5.41, 5.74) is -0.949. The number of nitrogens with zero attached hydrogens (tertiary/aromatic N) is 1. The topological polar surface area (TPSA) is 92.8 Å². The second-order valence-electron chi connectivity index (χ2n) is 7.51. The van der Waals surface area contributed by atoms with E-state index in [1.807, 2.05) is 0 Å². The average Bonchev–Trinajstić information content (AvgIpc) is 2.83. The molecule has 0 spiro atoms. The Hall–Kier alpha value is -3.57. The SMILES string of the molecule is COC(=O)c1cccc(NC(=O)CN(c2cc(C(F)(F)F)ccc2Cl)S(=O)(=O)c2ccccc2)c1C. The number of methoxy groups -OCH3 is 1. The van der Waals surface area contributed by atoms with Crippen LogP contribution >= 0.6 is 11.6 Å². The molecule has 0 heterocycles. The van der Waals surface area contributed by atoms with Gasteiger partial charge in [-0.25, -0.2) is 13.2 Å². The largest absolute Gasteiger partial charge is 0.465 e. The molecule has 3 aromatic rings. The van der Waals surface area contributed by atoms with Crippen LogP contribution in [0.15, 0.2) is 71.6 Å². The van der Waals surface area contributed by atoms with Gasteiger partial charge in [0, 0.05) is 5.69 Å². The summed E-state index contributed by atoms with van der Waals surface area (Å²) in [6.07, 6.45) is -4.78. The van der Waals surface area contributed by atoms with Crippen LogP contribution in [-0.2, 0) is 25.7 Å². The number of alkyl halides is 3. The van der Waals surface area contributed by atoms with Gasteiger partial charge in [0.05, 0.1) is 33.8 Å². The number of nitrogens with one attached hydrogen (secondary N) is 1. The van der Waals surface area contributed by atoms with E-state index in [2.05, 4.69) is 5.32 Å². The van der Waals surface area contributed by atoms with Crippen LogP contribution in [0, 0.1) is 6.92 Å². The second-order valence-corrected chi connectivity index (χ2v) is 9.78. The van der Waals surface area contributed by atoms with Gasteiger partial charge in [-0.1, -0.05) is 35.9 Å². The number of hydrogen-bond donors (Lipinski definition) is 1. The van der Waals surface area contributed by atoms with Gasteiger partial charge >= 0.3 is 12.1 Å². The van der Waals surface area contributed by atoms with Crippen molar-refractivity contribution in [1.29, 1.82) is 0 Å². The number of halogens is 4. The number of carbonyl (C=O) groups excluding carboxylic acids is 2. The van der Waals surface area contributed by atoms with E-state index in [1.165, 1.54) is 49.6 Å². The number of benzene rings is 3. The fraction of sp³-hybridized carbons (Fsp3) is 0.167. The minimum absolute atomic E-state index is 0.171. The van der Waals surface area contributed by atoms with Crippen LogP contribution < -0.4 is 9.62 Å². The smallest absolute Gasteiger partial charge is 0.416 e. The number of anilines is 2. The van der Waals surface area contributed by atoms with Gasteiger partial charge in [-0.2, -0.15) is 13.2 Å². The van der Waals surface area contributed by atoms with Gasteiger partial charge < -0.3 is 10.1 Å². The van der Waals surface area contributed by atoms with Crippen LogP contribution in [0.2, 0.25) is 5.02 Å². The van der Waals surface area contributed by atoms with Crippen LogP contribution in [0.3, 0.4) is 0 Å². The van der Waals surface area contributed by atoms with Crippen molar-refractivity contribution in [3.63, 3.8) is 0 Å². The molecule has 12 heteroatoms. The number of ether oxygens (including phenoxy) is 1. The third kappa shape index (κ3) is 5.80. The summed E-state index contributed by atoms with van der Waals surface area (Å²) in [4.78, 5) is 24.7. The van der Waals surface area contributed by atoms with Crippen LogP contribution in [0.25, 0.3) is 0 Å². The highest BCUT2D eigenvalue weighted by atomic mass is 35.5. The van der Waals surface area contributed by atoms with Crippen molar-refractivity contribution < 1.29 is 35.9 Å². The van der Waals surface area contributed by atoms with Gasteiger partial charge in [-0.15, -0.1) is 0 Å². The Balaban J connectivity index is 2.05. The monoisotopic (exact) mass is 540 g/mol. The van der Waals surface area contributed by atoms with E-state index >= 15 is 0 Å². The maximum atomic E-state index is 13.4. The quantitative estimate of drug-likeness (QED) is 0.411. The highest BCUT2D eigenvalue weighted by molar-refractivity contribution is 7.92. The lowest BCUT2D eigenvalue weighted by Gasteiger charge is -2.26. The van der Waals surface area contributed by atoms with Crippen LogP contribution in [0.1, 0.15) is 21.5 Å². The summed E-state index contributed by atoms with van der Waals surface area (Å²) >= 11 is 6.12. The van der Waals surface area contributed by atoms with E-state index < -0.39 is 45.9 Å². The molecule has 0 aliphatic carbocycles. The van der Waals surface area contributed by atoms with Gasteiger partial charge in [0.15, 0.2) is 0 Å². The molecule has 0 aliphatic rings. The molecule has 190 valence electrons. The Morgan fingerprint density at radius 2 is 1.69 bits per heavy atom. The molecule has 1 N–H and O–H groups in total. The summed E-state index contributed by atoms with van der Waals surface area (Å²) < 4.78 is 72.2. The van der Waals surface area contributed by atoms with Gasteiger partial charge in [0.1, 0.15) is 6.54 Å². The molecule has 0 saturated heterocycles. The molecule has 0 unspecified atom stereocenters. The fourth-order valence-electron chi connectivity index (χ4n) is 3.32. The third-order valence-corrected chi connectivity index (χ3v) is 7.27. The van der Waals surface area contributed by atoms with E-state index in [0.717, 1.165) is 6.07 Å². The molecular weight excluding hydrogens is 521 g/mol. The number of rotatable bonds is 7. The third-order valence-electron chi connectivity index (χ3n) is 5.17. The molecule has 0 atom stereocenters. The van der Waals surface area contributed by atoms with Gasteiger partial charge in [-0.3, -0.25) is 9.10 Å². The Morgan fingerprint density at radius 1 is 1.03 bits per heavy atom. The summed E-state index contributed by atoms with van der Waals surface area (Å²) in [7, 11) is -3.32. The first-order chi connectivity index (χ1) is 16.9. The van der Waals surface area contributed by atoms with Crippen molar-refractivity contribution in [2.75, 3.05) is 23.3 Å². The number of hydrogen-bond acceptors (Lipinski definition) is 5. The summed E-state index contributed by atoms with van der Waals surface area (Å²) in [6.45, 7) is 0.643. The van der Waals surface area contributed by atoms with Gasteiger partial charge in [0.25, 0.3) is 10.0 Å². The Morgan fingerprint density at radius 3 is 2.31 bits per heavy atom. The molecule has 3 rings (SSSR count). The highest BCUT2D eigenvalue weighted by Gasteiger charge is 2.34. The van der Waals surface area contributed by atoms with Crippen molar-refractivity contribution in [1.82, 2.24) is 0 Å². The normalized spacial score (nSPS) is 11.6. The standard InChI is InChI=1S/C24H20ClF3N2O5S/c1-15-18(23(32)35-2)9-6-10-20(15)29-22(31)14-30(36(33,34)17-7-4-3-5-8-17)21-13-16(24(26,27)28)11-12-19(21)25/h3-13H,14H2,1-2H3,(H,29,31). The van der Waals surface area contributed by atoms with Gasteiger partial charge in [0.2, 0.25) is 5.91 Å². The van der Waals surface area contributed by atoms with Crippen molar-refractivity contribution in [3.05, 3.63) is 88.4 Å². The van der Waals surface area contributed by atoms with E-state index in [-0.39, 0.29) is 21.2 Å². The molecule has 0 bridgehead atoms. The zero-order chi connectivity index (χ0) is 26.7. The van der Waals surface area contributed by atoms with E-state index in [9.17, 15) is 31.2 Å². The molecule has 0 fully saturated rings. The lowest BCUT2D eigenvalue weighted by atomic mass is 10.1. The minimum atomic E-state index is -4.78. The van der Waals surface area contributed by atoms with Crippen molar-refractivity contribution in [2.24, 2.45) is 0 Å². The van der Waals surface area contributed by atoms with E-state index in [0.29, 0.717) is 22.0 Å². The van der Waals surface area contributed by atoms with E-state index in [4.69, 9.17) is 16.3 Å². The van der Waals surface area contributed by atoms with Crippen molar-refractivity contribution >= 4 is 44.9 Å².